The SMILES string of the molecule is COc1ccccc1CC(CNC(=O)Cn1cccn1)C(=O)O. The van der Waals surface area contributed by atoms with Crippen molar-refractivity contribution >= 4 is 11.9 Å². The van der Waals surface area contributed by atoms with E-state index in [1.54, 1.807) is 31.6 Å². The number of carbonyl (C=O) groups is 2. The molecule has 1 heterocycles. The summed E-state index contributed by atoms with van der Waals surface area (Å²) in [6, 6.07) is 8.97. The number of para-hydroxylation sites is 1. The van der Waals surface area contributed by atoms with Gasteiger partial charge in [0.05, 0.1) is 13.0 Å². The molecule has 1 amide bonds. The summed E-state index contributed by atoms with van der Waals surface area (Å²) in [4.78, 5) is 23.2. The van der Waals surface area contributed by atoms with Crippen molar-refractivity contribution in [3.8, 4) is 5.75 Å². The van der Waals surface area contributed by atoms with Crippen molar-refractivity contribution in [2.75, 3.05) is 13.7 Å². The maximum Gasteiger partial charge on any atom is 0.308 e. The molecule has 2 N–H and O–H groups in total. The Labute approximate surface area is 133 Å². The van der Waals surface area contributed by atoms with Gasteiger partial charge in [-0.3, -0.25) is 14.3 Å². The molecular formula is C16H19N3O4. The number of hydrogen-bond donors (Lipinski definition) is 2. The third kappa shape index (κ3) is 4.84. The Morgan fingerprint density at radius 2 is 2.13 bits per heavy atom. The van der Waals surface area contributed by atoms with Crippen LogP contribution >= 0.6 is 0 Å². The van der Waals surface area contributed by atoms with Crippen molar-refractivity contribution < 1.29 is 19.4 Å². The van der Waals surface area contributed by atoms with Gasteiger partial charge in [0.2, 0.25) is 5.91 Å². The topological polar surface area (TPSA) is 93.5 Å². The highest BCUT2D eigenvalue weighted by atomic mass is 16.5. The lowest BCUT2D eigenvalue weighted by Gasteiger charge is -2.15. The summed E-state index contributed by atoms with van der Waals surface area (Å²) in [6.07, 6.45) is 3.53. The molecule has 0 fully saturated rings. The number of carboxylic acids is 1. The Morgan fingerprint density at radius 3 is 2.78 bits per heavy atom. The first-order valence-corrected chi connectivity index (χ1v) is 7.19. The van der Waals surface area contributed by atoms with Crippen LogP contribution in [-0.2, 0) is 22.6 Å². The van der Waals surface area contributed by atoms with Crippen LogP contribution in [0.15, 0.2) is 42.7 Å². The molecule has 0 aliphatic rings. The molecule has 0 spiro atoms. The molecule has 2 rings (SSSR count). The molecular weight excluding hydrogens is 298 g/mol. The van der Waals surface area contributed by atoms with Crippen molar-refractivity contribution in [3.63, 3.8) is 0 Å². The van der Waals surface area contributed by atoms with Gasteiger partial charge in [-0.15, -0.1) is 0 Å². The molecule has 0 saturated heterocycles. The number of aromatic nitrogens is 2. The van der Waals surface area contributed by atoms with E-state index >= 15 is 0 Å². The molecule has 1 unspecified atom stereocenters. The maximum absolute atomic E-state index is 11.8. The van der Waals surface area contributed by atoms with Crippen LogP contribution < -0.4 is 10.1 Å². The Kier molecular flexibility index (Phi) is 5.74. The van der Waals surface area contributed by atoms with Gasteiger partial charge in [0.25, 0.3) is 0 Å². The number of nitrogens with zero attached hydrogens (tertiary/aromatic N) is 2. The van der Waals surface area contributed by atoms with Gasteiger partial charge in [0.1, 0.15) is 12.3 Å². The highest BCUT2D eigenvalue weighted by molar-refractivity contribution is 5.77. The Bertz CT molecular complexity index is 655. The van der Waals surface area contributed by atoms with E-state index in [0.717, 1.165) is 5.56 Å². The fraction of sp³-hybridized carbons (Fsp3) is 0.312. The lowest BCUT2D eigenvalue weighted by molar-refractivity contribution is -0.141. The number of amides is 1. The number of carbonyl (C=O) groups excluding carboxylic acids is 1. The van der Waals surface area contributed by atoms with E-state index in [-0.39, 0.29) is 25.4 Å². The summed E-state index contributed by atoms with van der Waals surface area (Å²) in [5.41, 5.74) is 0.795. The predicted molar refractivity (Wildman–Crippen MR) is 83.1 cm³/mol. The zero-order valence-corrected chi connectivity index (χ0v) is 12.8. The standard InChI is InChI=1S/C16H19N3O4/c1-23-14-6-3-2-5-12(14)9-13(16(21)22)10-17-15(20)11-19-8-4-7-18-19/h2-8,13H,9-11H2,1H3,(H,17,20)(H,21,22). The third-order valence-electron chi connectivity index (χ3n) is 3.42. The van der Waals surface area contributed by atoms with Gasteiger partial charge in [-0.05, 0) is 24.1 Å². The van der Waals surface area contributed by atoms with Crippen molar-refractivity contribution in [2.45, 2.75) is 13.0 Å². The van der Waals surface area contributed by atoms with Crippen LogP contribution in [0.4, 0.5) is 0 Å². The molecule has 1 atom stereocenters. The molecule has 0 aliphatic heterocycles. The van der Waals surface area contributed by atoms with Gasteiger partial charge in [0.15, 0.2) is 0 Å². The average molecular weight is 317 g/mol. The molecule has 23 heavy (non-hydrogen) atoms. The Morgan fingerprint density at radius 1 is 1.35 bits per heavy atom. The van der Waals surface area contributed by atoms with Crippen molar-refractivity contribution in [3.05, 3.63) is 48.3 Å². The fourth-order valence-electron chi connectivity index (χ4n) is 2.22. The van der Waals surface area contributed by atoms with Crippen LogP contribution in [0, 0.1) is 5.92 Å². The summed E-state index contributed by atoms with van der Waals surface area (Å²) >= 11 is 0. The summed E-state index contributed by atoms with van der Waals surface area (Å²) in [6.45, 7) is 0.113. The molecule has 0 bridgehead atoms. The van der Waals surface area contributed by atoms with E-state index in [9.17, 15) is 14.7 Å². The Hall–Kier alpha value is -2.83. The van der Waals surface area contributed by atoms with Crippen LogP contribution in [0.25, 0.3) is 0 Å². The minimum Gasteiger partial charge on any atom is -0.496 e. The second-order valence-corrected chi connectivity index (χ2v) is 5.06. The lowest BCUT2D eigenvalue weighted by Crippen LogP contribution is -2.36. The zero-order chi connectivity index (χ0) is 16.7. The van der Waals surface area contributed by atoms with Crippen LogP contribution in [0.5, 0.6) is 5.75 Å². The molecule has 1 aromatic carbocycles. The fourth-order valence-corrected chi connectivity index (χ4v) is 2.22. The maximum atomic E-state index is 11.8. The molecule has 0 saturated carbocycles. The predicted octanol–water partition coefficient (Wildman–Crippen LogP) is 0.951. The first-order chi connectivity index (χ1) is 11.1. The van der Waals surface area contributed by atoms with Gasteiger partial charge in [0, 0.05) is 18.9 Å². The van der Waals surface area contributed by atoms with Crippen LogP contribution in [0.2, 0.25) is 0 Å². The van der Waals surface area contributed by atoms with Gasteiger partial charge in [-0.25, -0.2) is 0 Å². The van der Waals surface area contributed by atoms with Gasteiger partial charge < -0.3 is 15.2 Å². The Balaban J connectivity index is 1.93. The summed E-state index contributed by atoms with van der Waals surface area (Å²) in [5, 5.41) is 15.9. The van der Waals surface area contributed by atoms with E-state index in [0.29, 0.717) is 5.75 Å². The minimum atomic E-state index is -0.963. The zero-order valence-electron chi connectivity index (χ0n) is 12.8. The molecule has 122 valence electrons. The van der Waals surface area contributed by atoms with E-state index < -0.39 is 11.9 Å². The number of benzene rings is 1. The number of aliphatic carboxylic acids is 1. The largest absolute Gasteiger partial charge is 0.496 e. The average Bonchev–Trinajstić information content (AvgIpc) is 3.04. The molecule has 7 nitrogen and oxygen atoms in total. The summed E-state index contributed by atoms with van der Waals surface area (Å²) in [7, 11) is 1.54. The third-order valence-corrected chi connectivity index (χ3v) is 3.42. The van der Waals surface area contributed by atoms with Crippen molar-refractivity contribution in [1.29, 1.82) is 0 Å². The van der Waals surface area contributed by atoms with Crippen molar-refractivity contribution in [2.24, 2.45) is 5.92 Å². The quantitative estimate of drug-likeness (QED) is 0.756. The van der Waals surface area contributed by atoms with E-state index in [4.69, 9.17) is 4.74 Å². The minimum absolute atomic E-state index is 0.0491. The van der Waals surface area contributed by atoms with E-state index in [1.807, 2.05) is 18.2 Å². The molecule has 2 aromatic rings. The summed E-state index contributed by atoms with van der Waals surface area (Å²) < 4.78 is 6.71. The second-order valence-electron chi connectivity index (χ2n) is 5.06. The number of carboxylic acid groups (broad SMARTS) is 1. The van der Waals surface area contributed by atoms with Gasteiger partial charge >= 0.3 is 5.97 Å². The molecule has 7 heteroatoms. The van der Waals surface area contributed by atoms with Crippen LogP contribution in [0.3, 0.4) is 0 Å². The highest BCUT2D eigenvalue weighted by Gasteiger charge is 2.20. The van der Waals surface area contributed by atoms with Crippen LogP contribution in [0.1, 0.15) is 5.56 Å². The number of ether oxygens (including phenoxy) is 1. The monoisotopic (exact) mass is 317 g/mol. The second kappa shape index (κ2) is 7.98. The van der Waals surface area contributed by atoms with E-state index in [2.05, 4.69) is 10.4 Å². The van der Waals surface area contributed by atoms with E-state index in [1.165, 1.54) is 4.68 Å². The first-order valence-electron chi connectivity index (χ1n) is 7.19. The molecule has 1 aromatic heterocycles. The number of rotatable bonds is 8. The smallest absolute Gasteiger partial charge is 0.308 e. The lowest BCUT2D eigenvalue weighted by atomic mass is 9.98. The van der Waals surface area contributed by atoms with Gasteiger partial charge in [-0.2, -0.15) is 5.10 Å². The summed E-state index contributed by atoms with van der Waals surface area (Å²) in [5.74, 6) is -1.33. The van der Waals surface area contributed by atoms with Crippen molar-refractivity contribution in [1.82, 2.24) is 15.1 Å². The normalized spacial score (nSPS) is 11.7. The van der Waals surface area contributed by atoms with Gasteiger partial charge in [-0.1, -0.05) is 18.2 Å². The highest BCUT2D eigenvalue weighted by Crippen LogP contribution is 2.20. The number of nitrogens with one attached hydrogen (secondary N) is 1. The number of methoxy groups -OCH3 is 1. The molecule has 0 radical (unpaired) electrons. The van der Waals surface area contributed by atoms with Crippen LogP contribution in [-0.4, -0.2) is 40.4 Å². The molecule has 0 aliphatic carbocycles. The number of hydrogen-bond acceptors (Lipinski definition) is 4. The first kappa shape index (κ1) is 16.5.